The summed E-state index contributed by atoms with van der Waals surface area (Å²) >= 11 is 0. The van der Waals surface area contributed by atoms with Crippen molar-refractivity contribution in [2.45, 2.75) is 32.3 Å². The molecule has 4 nitrogen and oxygen atoms in total. The molecule has 160 valence electrons. The molecule has 0 saturated carbocycles. The van der Waals surface area contributed by atoms with Gasteiger partial charge in [0.15, 0.2) is 5.82 Å². The van der Waals surface area contributed by atoms with E-state index >= 15 is 0 Å². The van der Waals surface area contributed by atoms with Gasteiger partial charge in [0, 0.05) is 29.1 Å². The van der Waals surface area contributed by atoms with Crippen LogP contribution in [0.5, 0.6) is 5.75 Å². The highest BCUT2D eigenvalue weighted by Gasteiger charge is 2.07. The lowest BCUT2D eigenvalue weighted by Gasteiger charge is -2.06. The Balaban J connectivity index is 1.66. The maximum absolute atomic E-state index is 14.5. The molecule has 0 aliphatic heterocycles. The highest BCUT2D eigenvalue weighted by molar-refractivity contribution is 5.65. The SMILES string of the molecule is C=CCOc1ccc(-c2cnc(-c3ccc(/C=C/CCCC(C)O)c(F)c3)nc2)cc1. The van der Waals surface area contributed by atoms with Gasteiger partial charge in [0.1, 0.15) is 18.2 Å². The molecule has 5 heteroatoms. The number of allylic oxidation sites excluding steroid dienone is 1. The predicted molar refractivity (Wildman–Crippen MR) is 123 cm³/mol. The van der Waals surface area contributed by atoms with Crippen molar-refractivity contribution in [1.82, 2.24) is 9.97 Å². The summed E-state index contributed by atoms with van der Waals surface area (Å²) < 4.78 is 20.0. The number of aliphatic hydroxyl groups excluding tert-OH is 1. The van der Waals surface area contributed by atoms with Crippen LogP contribution in [-0.4, -0.2) is 27.8 Å². The first-order valence-electron chi connectivity index (χ1n) is 10.4. The third-order valence-corrected chi connectivity index (χ3v) is 4.76. The van der Waals surface area contributed by atoms with E-state index in [1.807, 2.05) is 36.4 Å². The second-order valence-electron chi connectivity index (χ2n) is 7.34. The van der Waals surface area contributed by atoms with Gasteiger partial charge in [-0.05, 0) is 49.9 Å². The normalized spacial score (nSPS) is 12.1. The molecule has 0 fully saturated rings. The third kappa shape index (κ3) is 6.59. The zero-order valence-corrected chi connectivity index (χ0v) is 17.7. The van der Waals surface area contributed by atoms with Crippen LogP contribution in [0.15, 0.2) is 73.6 Å². The number of aliphatic hydroxyl groups is 1. The van der Waals surface area contributed by atoms with Gasteiger partial charge in [-0.15, -0.1) is 0 Å². The summed E-state index contributed by atoms with van der Waals surface area (Å²) in [6.07, 6.45) is 11.0. The predicted octanol–water partition coefficient (Wildman–Crippen LogP) is 6.08. The van der Waals surface area contributed by atoms with E-state index in [0.29, 0.717) is 23.6 Å². The van der Waals surface area contributed by atoms with Crippen LogP contribution >= 0.6 is 0 Å². The minimum Gasteiger partial charge on any atom is -0.490 e. The van der Waals surface area contributed by atoms with Crippen LogP contribution in [0.1, 0.15) is 31.7 Å². The van der Waals surface area contributed by atoms with Crippen LogP contribution in [0.3, 0.4) is 0 Å². The van der Waals surface area contributed by atoms with E-state index in [9.17, 15) is 9.50 Å². The number of benzene rings is 2. The highest BCUT2D eigenvalue weighted by atomic mass is 19.1. The van der Waals surface area contributed by atoms with Gasteiger partial charge >= 0.3 is 0 Å². The van der Waals surface area contributed by atoms with Gasteiger partial charge in [-0.1, -0.05) is 49.1 Å². The van der Waals surface area contributed by atoms with Crippen molar-refractivity contribution >= 4 is 6.08 Å². The lowest BCUT2D eigenvalue weighted by Crippen LogP contribution is -1.97. The number of aromatic nitrogens is 2. The van der Waals surface area contributed by atoms with E-state index in [1.165, 1.54) is 6.07 Å². The molecule has 0 bridgehead atoms. The Morgan fingerprint density at radius 1 is 1.06 bits per heavy atom. The monoisotopic (exact) mass is 418 g/mol. The van der Waals surface area contributed by atoms with Gasteiger partial charge in [-0.3, -0.25) is 0 Å². The summed E-state index contributed by atoms with van der Waals surface area (Å²) in [5.74, 6) is 0.932. The average molecular weight is 419 g/mol. The molecule has 3 aromatic rings. The smallest absolute Gasteiger partial charge is 0.159 e. The Morgan fingerprint density at radius 2 is 1.77 bits per heavy atom. The summed E-state index contributed by atoms with van der Waals surface area (Å²) in [6, 6.07) is 12.7. The Morgan fingerprint density at radius 3 is 2.42 bits per heavy atom. The molecule has 0 spiro atoms. The molecule has 3 rings (SSSR count). The quantitative estimate of drug-likeness (QED) is 0.320. The maximum Gasteiger partial charge on any atom is 0.159 e. The van der Waals surface area contributed by atoms with Crippen molar-refractivity contribution < 1.29 is 14.2 Å². The molecular formula is C26H27FN2O2. The number of nitrogens with zero attached hydrogens (tertiary/aromatic N) is 2. The van der Waals surface area contributed by atoms with Crippen molar-refractivity contribution in [2.24, 2.45) is 0 Å². The van der Waals surface area contributed by atoms with Crippen LogP contribution in [0.25, 0.3) is 28.6 Å². The van der Waals surface area contributed by atoms with Gasteiger partial charge in [0.25, 0.3) is 0 Å². The molecular weight excluding hydrogens is 391 g/mol. The first-order valence-corrected chi connectivity index (χ1v) is 10.4. The summed E-state index contributed by atoms with van der Waals surface area (Å²) in [4.78, 5) is 8.81. The lowest BCUT2D eigenvalue weighted by atomic mass is 10.1. The summed E-state index contributed by atoms with van der Waals surface area (Å²) in [6.45, 7) is 5.87. The van der Waals surface area contributed by atoms with E-state index < -0.39 is 0 Å². The Bertz CT molecular complexity index is 1010. The molecule has 31 heavy (non-hydrogen) atoms. The van der Waals surface area contributed by atoms with E-state index in [-0.39, 0.29) is 11.9 Å². The highest BCUT2D eigenvalue weighted by Crippen LogP contribution is 2.24. The van der Waals surface area contributed by atoms with Gasteiger partial charge in [0.05, 0.1) is 6.10 Å². The van der Waals surface area contributed by atoms with Crippen LogP contribution in [-0.2, 0) is 0 Å². The summed E-state index contributed by atoms with van der Waals surface area (Å²) in [7, 11) is 0. The van der Waals surface area contributed by atoms with Crippen LogP contribution in [0.4, 0.5) is 4.39 Å². The van der Waals surface area contributed by atoms with Gasteiger partial charge < -0.3 is 9.84 Å². The standard InChI is InChI=1S/C26H27FN2O2/c1-3-15-31-24-13-11-20(12-14-24)23-17-28-26(29-18-23)22-10-9-21(25(27)16-22)8-6-4-5-7-19(2)30/h3,6,8-14,16-19,30H,1,4-5,7,15H2,2H3/b8-6+. The van der Waals surface area contributed by atoms with Crippen molar-refractivity contribution in [3.05, 3.63) is 85.0 Å². The molecule has 0 radical (unpaired) electrons. The van der Waals surface area contributed by atoms with Gasteiger partial charge in [-0.2, -0.15) is 0 Å². The Labute approximate surface area is 182 Å². The molecule has 1 atom stereocenters. The largest absolute Gasteiger partial charge is 0.490 e. The van der Waals surface area contributed by atoms with Crippen LogP contribution < -0.4 is 4.74 Å². The maximum atomic E-state index is 14.5. The molecule has 0 aliphatic carbocycles. The van der Waals surface area contributed by atoms with Gasteiger partial charge in [0.2, 0.25) is 0 Å². The second-order valence-corrected chi connectivity index (χ2v) is 7.34. The van der Waals surface area contributed by atoms with Crippen molar-refractivity contribution in [3.8, 4) is 28.3 Å². The van der Waals surface area contributed by atoms with E-state index in [4.69, 9.17) is 4.74 Å². The molecule has 2 aromatic carbocycles. The van der Waals surface area contributed by atoms with Crippen LogP contribution in [0.2, 0.25) is 0 Å². The number of halogens is 1. The van der Waals surface area contributed by atoms with E-state index in [2.05, 4.69) is 16.5 Å². The number of hydrogen-bond donors (Lipinski definition) is 1. The minimum atomic E-state index is -0.313. The number of hydrogen-bond acceptors (Lipinski definition) is 4. The number of ether oxygens (including phenoxy) is 1. The second kappa shape index (κ2) is 11.2. The molecule has 1 aromatic heterocycles. The van der Waals surface area contributed by atoms with Gasteiger partial charge in [-0.25, -0.2) is 14.4 Å². The van der Waals surface area contributed by atoms with E-state index in [1.54, 1.807) is 37.5 Å². The fraction of sp³-hybridized carbons (Fsp3) is 0.231. The lowest BCUT2D eigenvalue weighted by molar-refractivity contribution is 0.182. The third-order valence-electron chi connectivity index (χ3n) is 4.76. The Hall–Kier alpha value is -3.31. The summed E-state index contributed by atoms with van der Waals surface area (Å²) in [5, 5.41) is 9.27. The topological polar surface area (TPSA) is 55.2 Å². The fourth-order valence-corrected chi connectivity index (χ4v) is 3.07. The first kappa shape index (κ1) is 22.4. The van der Waals surface area contributed by atoms with E-state index in [0.717, 1.165) is 36.1 Å². The van der Waals surface area contributed by atoms with Crippen molar-refractivity contribution in [1.29, 1.82) is 0 Å². The first-order chi connectivity index (χ1) is 15.1. The molecule has 1 N–H and O–H groups in total. The average Bonchev–Trinajstić information content (AvgIpc) is 2.78. The summed E-state index contributed by atoms with van der Waals surface area (Å²) in [5.41, 5.74) is 3.00. The Kier molecular flexibility index (Phi) is 8.07. The number of rotatable bonds is 10. The fourth-order valence-electron chi connectivity index (χ4n) is 3.07. The molecule has 0 amide bonds. The molecule has 0 aliphatic rings. The minimum absolute atomic E-state index is 0.300. The zero-order chi connectivity index (χ0) is 22.1. The van der Waals surface area contributed by atoms with Crippen molar-refractivity contribution in [3.63, 3.8) is 0 Å². The van der Waals surface area contributed by atoms with Crippen molar-refractivity contribution in [2.75, 3.05) is 6.61 Å². The number of unbranched alkanes of at least 4 members (excludes halogenated alkanes) is 1. The molecule has 1 heterocycles. The molecule has 0 saturated heterocycles. The molecule has 1 unspecified atom stereocenters. The zero-order valence-electron chi connectivity index (χ0n) is 17.7. The van der Waals surface area contributed by atoms with Crippen LogP contribution in [0, 0.1) is 5.82 Å².